The molecule has 0 aliphatic rings. The molecule has 1 aromatic heterocycles. The van der Waals surface area contributed by atoms with E-state index in [-0.39, 0.29) is 11.3 Å². The Kier molecular flexibility index (Phi) is 5.71. The second kappa shape index (κ2) is 7.61. The molecular formula is C16H12ClF3N2O4. The number of nitrogens with zero attached hydrogens (tertiary/aromatic N) is 1. The largest absolute Gasteiger partial charge is 0.496 e. The van der Waals surface area contributed by atoms with Crippen LogP contribution in [0.5, 0.6) is 5.75 Å². The highest BCUT2D eigenvalue weighted by Gasteiger charge is 2.32. The number of ether oxygens (including phenoxy) is 1. The number of methoxy groups -OCH3 is 1. The van der Waals surface area contributed by atoms with Gasteiger partial charge >= 0.3 is 6.18 Å². The summed E-state index contributed by atoms with van der Waals surface area (Å²) in [6.07, 6.45) is -4.29. The molecule has 2 aromatic rings. The van der Waals surface area contributed by atoms with Crippen LogP contribution in [0.3, 0.4) is 0 Å². The van der Waals surface area contributed by atoms with E-state index in [1.807, 2.05) is 5.32 Å². The molecule has 0 spiro atoms. The summed E-state index contributed by atoms with van der Waals surface area (Å²) >= 11 is 5.50. The molecule has 0 radical (unpaired) electrons. The Morgan fingerprint density at radius 3 is 2.54 bits per heavy atom. The molecule has 10 heteroatoms. The van der Waals surface area contributed by atoms with Crippen molar-refractivity contribution < 1.29 is 27.5 Å². The van der Waals surface area contributed by atoms with Crippen LogP contribution in [-0.2, 0) is 17.5 Å². The first kappa shape index (κ1) is 19.5. The molecule has 138 valence electrons. The maximum atomic E-state index is 12.8. The maximum absolute atomic E-state index is 12.8. The predicted octanol–water partition coefficient (Wildman–Crippen LogP) is 2.49. The Morgan fingerprint density at radius 2 is 1.92 bits per heavy atom. The van der Waals surface area contributed by atoms with Gasteiger partial charge in [0.15, 0.2) is 0 Å². The van der Waals surface area contributed by atoms with Crippen molar-refractivity contribution in [2.24, 2.45) is 0 Å². The van der Waals surface area contributed by atoms with Crippen LogP contribution in [0.15, 0.2) is 41.3 Å². The minimum Gasteiger partial charge on any atom is -0.496 e. The summed E-state index contributed by atoms with van der Waals surface area (Å²) in [5.74, 6) is -1.60. The SMILES string of the molecule is COc1ccccc1C(=O)NC(=O)Cn1cc(C(F)(F)F)cc(Cl)c1=O. The third kappa shape index (κ3) is 4.42. The quantitative estimate of drug-likeness (QED) is 0.873. The van der Waals surface area contributed by atoms with Gasteiger partial charge in [-0.25, -0.2) is 0 Å². The molecule has 0 bridgehead atoms. The number of nitrogens with one attached hydrogen (secondary N) is 1. The highest BCUT2D eigenvalue weighted by molar-refractivity contribution is 6.30. The lowest BCUT2D eigenvalue weighted by atomic mass is 10.2. The van der Waals surface area contributed by atoms with E-state index in [0.29, 0.717) is 16.8 Å². The Morgan fingerprint density at radius 1 is 1.27 bits per heavy atom. The Balaban J connectivity index is 2.21. The van der Waals surface area contributed by atoms with Gasteiger partial charge in [0, 0.05) is 6.20 Å². The van der Waals surface area contributed by atoms with Gasteiger partial charge in [0.25, 0.3) is 11.5 Å². The van der Waals surface area contributed by atoms with Crippen molar-refractivity contribution in [3.05, 3.63) is 63.0 Å². The molecule has 2 rings (SSSR count). The van der Waals surface area contributed by atoms with Crippen molar-refractivity contribution in [1.29, 1.82) is 0 Å². The number of rotatable bonds is 4. The average molecular weight is 389 g/mol. The molecule has 0 atom stereocenters. The van der Waals surface area contributed by atoms with Gasteiger partial charge in [0.1, 0.15) is 17.3 Å². The fraction of sp³-hybridized carbons (Fsp3) is 0.188. The van der Waals surface area contributed by atoms with E-state index in [4.69, 9.17) is 16.3 Å². The standard InChI is InChI=1S/C16H12ClF3N2O4/c1-26-12-5-3-2-4-10(12)14(24)21-13(23)8-22-7-9(16(18,19)20)6-11(17)15(22)25/h2-7H,8H2,1H3,(H,21,23,24). The zero-order chi connectivity index (χ0) is 19.5. The number of amides is 2. The van der Waals surface area contributed by atoms with Gasteiger partial charge in [-0.15, -0.1) is 0 Å². The molecule has 26 heavy (non-hydrogen) atoms. The third-order valence-electron chi connectivity index (χ3n) is 3.29. The molecular weight excluding hydrogens is 377 g/mol. The molecule has 6 nitrogen and oxygen atoms in total. The second-order valence-electron chi connectivity index (χ2n) is 5.09. The van der Waals surface area contributed by atoms with E-state index in [1.165, 1.54) is 19.2 Å². The van der Waals surface area contributed by atoms with Gasteiger partial charge in [0.2, 0.25) is 5.91 Å². The second-order valence-corrected chi connectivity index (χ2v) is 5.49. The molecule has 0 fully saturated rings. The first-order valence-corrected chi connectivity index (χ1v) is 7.45. The zero-order valence-electron chi connectivity index (χ0n) is 13.3. The van der Waals surface area contributed by atoms with E-state index < -0.39 is 40.7 Å². The van der Waals surface area contributed by atoms with Gasteiger partial charge < -0.3 is 9.30 Å². The van der Waals surface area contributed by atoms with E-state index in [9.17, 15) is 27.6 Å². The van der Waals surface area contributed by atoms with E-state index in [0.717, 1.165) is 0 Å². The molecule has 0 saturated heterocycles. The summed E-state index contributed by atoms with van der Waals surface area (Å²) in [7, 11) is 1.33. The van der Waals surface area contributed by atoms with Crippen LogP contribution in [0.2, 0.25) is 5.02 Å². The number of aromatic nitrogens is 1. The van der Waals surface area contributed by atoms with Crippen molar-refractivity contribution >= 4 is 23.4 Å². The number of carbonyl (C=O) groups excluding carboxylic acids is 2. The smallest absolute Gasteiger partial charge is 0.417 e. The maximum Gasteiger partial charge on any atom is 0.417 e. The molecule has 2 amide bonds. The van der Waals surface area contributed by atoms with Crippen LogP contribution < -0.4 is 15.6 Å². The van der Waals surface area contributed by atoms with Crippen LogP contribution in [0.25, 0.3) is 0 Å². The Bertz CT molecular complexity index is 909. The molecule has 0 unspecified atom stereocenters. The monoisotopic (exact) mass is 388 g/mol. The van der Waals surface area contributed by atoms with Gasteiger partial charge in [-0.1, -0.05) is 23.7 Å². The third-order valence-corrected chi connectivity index (χ3v) is 3.56. The summed E-state index contributed by atoms with van der Waals surface area (Å²) in [6, 6.07) is 6.52. The normalized spacial score (nSPS) is 11.1. The van der Waals surface area contributed by atoms with Crippen LogP contribution in [0.1, 0.15) is 15.9 Å². The van der Waals surface area contributed by atoms with Crippen LogP contribution in [0, 0.1) is 0 Å². The van der Waals surface area contributed by atoms with Gasteiger partial charge in [-0.2, -0.15) is 13.2 Å². The minimum absolute atomic E-state index is 0.0535. The number of hydrogen-bond acceptors (Lipinski definition) is 4. The van der Waals surface area contributed by atoms with Crippen LogP contribution in [0.4, 0.5) is 13.2 Å². The van der Waals surface area contributed by atoms with Crippen molar-refractivity contribution in [3.63, 3.8) is 0 Å². The van der Waals surface area contributed by atoms with Crippen molar-refractivity contribution in [2.75, 3.05) is 7.11 Å². The lowest BCUT2D eigenvalue weighted by Crippen LogP contribution is -2.36. The van der Waals surface area contributed by atoms with Gasteiger partial charge in [0.05, 0.1) is 18.2 Å². The summed E-state index contributed by atoms with van der Waals surface area (Å²) in [6.45, 7) is -0.816. The zero-order valence-corrected chi connectivity index (χ0v) is 14.0. The molecule has 0 aliphatic carbocycles. The number of halogens is 4. The molecule has 1 heterocycles. The van der Waals surface area contributed by atoms with Gasteiger partial charge in [-0.3, -0.25) is 19.7 Å². The molecule has 1 N–H and O–H groups in total. The summed E-state index contributed by atoms with van der Waals surface area (Å²) in [5, 5.41) is 1.29. The fourth-order valence-corrected chi connectivity index (χ4v) is 2.32. The first-order chi connectivity index (χ1) is 12.1. The number of carbonyl (C=O) groups is 2. The molecule has 0 aliphatic heterocycles. The predicted molar refractivity (Wildman–Crippen MR) is 86.2 cm³/mol. The van der Waals surface area contributed by atoms with Crippen molar-refractivity contribution in [3.8, 4) is 5.75 Å². The molecule has 0 saturated carbocycles. The summed E-state index contributed by atoms with van der Waals surface area (Å²) in [5.41, 5.74) is -2.12. The van der Waals surface area contributed by atoms with Crippen LogP contribution >= 0.6 is 11.6 Å². The van der Waals surface area contributed by atoms with Gasteiger partial charge in [-0.05, 0) is 18.2 Å². The number of pyridine rings is 1. The Labute approximate surface area is 150 Å². The lowest BCUT2D eigenvalue weighted by Gasteiger charge is -2.12. The summed E-state index contributed by atoms with van der Waals surface area (Å²) < 4.78 is 43.8. The topological polar surface area (TPSA) is 77.4 Å². The average Bonchev–Trinajstić information content (AvgIpc) is 2.57. The van der Waals surface area contributed by atoms with E-state index >= 15 is 0 Å². The molecule has 1 aromatic carbocycles. The van der Waals surface area contributed by atoms with Crippen molar-refractivity contribution in [1.82, 2.24) is 9.88 Å². The van der Waals surface area contributed by atoms with E-state index in [2.05, 4.69) is 0 Å². The minimum atomic E-state index is -4.75. The summed E-state index contributed by atoms with van der Waals surface area (Å²) in [4.78, 5) is 35.9. The number of hydrogen-bond donors (Lipinski definition) is 1. The number of imide groups is 1. The van der Waals surface area contributed by atoms with Crippen molar-refractivity contribution in [2.45, 2.75) is 12.7 Å². The highest BCUT2D eigenvalue weighted by Crippen LogP contribution is 2.29. The fourth-order valence-electron chi connectivity index (χ4n) is 2.09. The first-order valence-electron chi connectivity index (χ1n) is 7.08. The number of alkyl halides is 3. The highest BCUT2D eigenvalue weighted by atomic mass is 35.5. The number of para-hydroxylation sites is 1. The van der Waals surface area contributed by atoms with Crippen LogP contribution in [-0.4, -0.2) is 23.5 Å². The number of benzene rings is 1. The van der Waals surface area contributed by atoms with E-state index in [1.54, 1.807) is 12.1 Å². The Hall–Kier alpha value is -2.81. The lowest BCUT2D eigenvalue weighted by molar-refractivity contribution is -0.138.